The van der Waals surface area contributed by atoms with Crippen LogP contribution in [0.1, 0.15) is 50.5 Å². The van der Waals surface area contributed by atoms with Crippen LogP contribution >= 0.6 is 22.9 Å². The molecule has 1 aliphatic rings. The lowest BCUT2D eigenvalue weighted by molar-refractivity contribution is -0.141. The highest BCUT2D eigenvalue weighted by atomic mass is 35.5. The number of nitrogens with zero attached hydrogens (tertiary/aromatic N) is 4. The minimum atomic E-state index is -0.576. The van der Waals surface area contributed by atoms with Crippen molar-refractivity contribution >= 4 is 40.9 Å². The number of aromatic nitrogens is 3. The third kappa shape index (κ3) is 3.28. The number of thiophene rings is 1. The molecule has 3 aromatic rings. The zero-order valence-electron chi connectivity index (χ0n) is 16.0. The first kappa shape index (κ1) is 19.5. The van der Waals surface area contributed by atoms with Crippen molar-refractivity contribution in [3.63, 3.8) is 0 Å². The number of aldehydes is 1. The Bertz CT molecular complexity index is 1150. The van der Waals surface area contributed by atoms with E-state index in [1.807, 2.05) is 30.5 Å². The van der Waals surface area contributed by atoms with E-state index in [9.17, 15) is 9.59 Å². The van der Waals surface area contributed by atoms with Gasteiger partial charge in [0, 0.05) is 16.1 Å². The van der Waals surface area contributed by atoms with Gasteiger partial charge < -0.3 is 4.74 Å². The molecule has 0 bridgehead atoms. The summed E-state index contributed by atoms with van der Waals surface area (Å²) in [4.78, 5) is 29.2. The van der Waals surface area contributed by atoms with Gasteiger partial charge in [-0.05, 0) is 31.5 Å². The molecular weight excluding hydrogens is 412 g/mol. The first-order valence-electron chi connectivity index (χ1n) is 8.86. The quantitative estimate of drug-likeness (QED) is 0.465. The van der Waals surface area contributed by atoms with Gasteiger partial charge in [-0.3, -0.25) is 19.1 Å². The Balaban J connectivity index is 2.03. The molecule has 0 fully saturated rings. The summed E-state index contributed by atoms with van der Waals surface area (Å²) in [5, 5.41) is 9.89. The molecule has 3 heterocycles. The summed E-state index contributed by atoms with van der Waals surface area (Å²) in [5.41, 5.74) is 3.17. The first-order chi connectivity index (χ1) is 13.9. The van der Waals surface area contributed by atoms with Gasteiger partial charge >= 0.3 is 5.97 Å². The Kier molecular flexibility index (Phi) is 5.06. The molecule has 0 N–H and O–H groups in total. The maximum absolute atomic E-state index is 12.1. The summed E-state index contributed by atoms with van der Waals surface area (Å²) in [7, 11) is 1.34. The van der Waals surface area contributed by atoms with Gasteiger partial charge in [0.2, 0.25) is 0 Å². The summed E-state index contributed by atoms with van der Waals surface area (Å²) >= 11 is 7.42. The van der Waals surface area contributed by atoms with Crippen molar-refractivity contribution in [2.45, 2.75) is 26.3 Å². The molecule has 148 valence electrons. The van der Waals surface area contributed by atoms with E-state index in [2.05, 4.69) is 10.2 Å². The summed E-state index contributed by atoms with van der Waals surface area (Å²) in [6.07, 6.45) is 0.875. The van der Waals surface area contributed by atoms with Crippen LogP contribution in [0.2, 0.25) is 5.02 Å². The van der Waals surface area contributed by atoms with E-state index >= 15 is 0 Å². The van der Waals surface area contributed by atoms with E-state index in [4.69, 9.17) is 21.3 Å². The molecule has 0 spiro atoms. The molecule has 7 nitrogen and oxygen atoms in total. The number of halogens is 1. The fourth-order valence-corrected chi connectivity index (χ4v) is 4.70. The SMILES string of the molecule is COC(=O)CC1N=C(c2ccc(Cl)cc2)c2c(sc(C=O)c2C)-n2c(C)nnc21. The number of aryl methyl sites for hydroxylation is 1. The first-order valence-corrected chi connectivity index (χ1v) is 10.1. The van der Waals surface area contributed by atoms with E-state index in [0.29, 0.717) is 27.3 Å². The van der Waals surface area contributed by atoms with Gasteiger partial charge in [-0.15, -0.1) is 21.5 Å². The number of benzene rings is 1. The molecule has 1 aromatic carbocycles. The molecule has 2 aromatic heterocycles. The van der Waals surface area contributed by atoms with Crippen LogP contribution in [0.4, 0.5) is 0 Å². The fourth-order valence-electron chi connectivity index (χ4n) is 3.39. The lowest BCUT2D eigenvalue weighted by Gasteiger charge is -2.11. The van der Waals surface area contributed by atoms with E-state index in [-0.39, 0.29) is 6.42 Å². The standard InChI is InChI=1S/C20H17ClN4O3S/c1-10-15(9-26)29-20-17(10)18(12-4-6-13(21)7-5-12)22-14(8-16(27)28-3)19-24-23-11(2)25(19)20/h4-7,9,14H,8H2,1-3H3. The zero-order valence-corrected chi connectivity index (χ0v) is 17.5. The van der Waals surface area contributed by atoms with Gasteiger partial charge in [-0.25, -0.2) is 0 Å². The number of fused-ring (bicyclic) bond motifs is 3. The van der Waals surface area contributed by atoms with Gasteiger partial charge in [0.1, 0.15) is 16.9 Å². The molecule has 9 heteroatoms. The van der Waals surface area contributed by atoms with Crippen LogP contribution in [0.25, 0.3) is 5.00 Å². The van der Waals surface area contributed by atoms with Crippen molar-refractivity contribution in [1.29, 1.82) is 0 Å². The van der Waals surface area contributed by atoms with Crippen LogP contribution in [0.3, 0.4) is 0 Å². The van der Waals surface area contributed by atoms with E-state index in [0.717, 1.165) is 28.0 Å². The van der Waals surface area contributed by atoms with Crippen molar-refractivity contribution in [2.75, 3.05) is 7.11 Å². The molecule has 0 radical (unpaired) electrons. The highest BCUT2D eigenvalue weighted by molar-refractivity contribution is 7.16. The van der Waals surface area contributed by atoms with Crippen molar-refractivity contribution in [3.8, 4) is 5.00 Å². The molecule has 0 saturated heterocycles. The van der Waals surface area contributed by atoms with Gasteiger partial charge in [0.25, 0.3) is 0 Å². The van der Waals surface area contributed by atoms with Gasteiger partial charge in [-0.1, -0.05) is 23.7 Å². The largest absolute Gasteiger partial charge is 0.469 e. The fraction of sp³-hybridized carbons (Fsp3) is 0.250. The molecule has 4 rings (SSSR count). The number of aliphatic imine (C=N–C) groups is 1. The summed E-state index contributed by atoms with van der Waals surface area (Å²) in [5.74, 6) is 0.802. The van der Waals surface area contributed by atoms with Gasteiger partial charge in [-0.2, -0.15) is 0 Å². The average Bonchev–Trinajstić information content (AvgIpc) is 3.21. The third-order valence-electron chi connectivity index (χ3n) is 4.85. The number of rotatable bonds is 4. The molecule has 29 heavy (non-hydrogen) atoms. The van der Waals surface area contributed by atoms with Crippen LogP contribution in [-0.2, 0) is 9.53 Å². The highest BCUT2D eigenvalue weighted by Crippen LogP contribution is 2.39. The monoisotopic (exact) mass is 428 g/mol. The van der Waals surface area contributed by atoms with Crippen LogP contribution < -0.4 is 0 Å². The second kappa shape index (κ2) is 7.53. The van der Waals surface area contributed by atoms with Crippen LogP contribution in [0.15, 0.2) is 29.3 Å². The van der Waals surface area contributed by atoms with Crippen LogP contribution in [0.5, 0.6) is 0 Å². The maximum Gasteiger partial charge on any atom is 0.308 e. The summed E-state index contributed by atoms with van der Waals surface area (Å²) in [6, 6.07) is 6.74. The molecular formula is C20H17ClN4O3S. The predicted octanol–water partition coefficient (Wildman–Crippen LogP) is 3.87. The molecule has 1 atom stereocenters. The topological polar surface area (TPSA) is 86.4 Å². The van der Waals surface area contributed by atoms with Gasteiger partial charge in [0.15, 0.2) is 12.1 Å². The van der Waals surface area contributed by atoms with Crippen LogP contribution in [-0.4, -0.2) is 39.8 Å². The Hall–Kier alpha value is -2.84. The van der Waals surface area contributed by atoms with Crippen LogP contribution in [0, 0.1) is 13.8 Å². The normalized spacial score (nSPS) is 15.2. The number of esters is 1. The maximum atomic E-state index is 12.1. The zero-order chi connectivity index (χ0) is 20.7. The number of ether oxygens (including phenoxy) is 1. The summed E-state index contributed by atoms with van der Waals surface area (Å²) < 4.78 is 6.74. The lowest BCUT2D eigenvalue weighted by atomic mass is 9.99. The Morgan fingerprint density at radius 2 is 2.00 bits per heavy atom. The Morgan fingerprint density at radius 1 is 1.28 bits per heavy atom. The smallest absolute Gasteiger partial charge is 0.308 e. The number of hydrogen-bond donors (Lipinski definition) is 0. The second-order valence-corrected chi connectivity index (χ2v) is 8.08. The van der Waals surface area contributed by atoms with Crippen molar-refractivity contribution < 1.29 is 14.3 Å². The predicted molar refractivity (Wildman–Crippen MR) is 111 cm³/mol. The van der Waals surface area contributed by atoms with E-state index < -0.39 is 12.0 Å². The van der Waals surface area contributed by atoms with E-state index in [1.54, 1.807) is 12.1 Å². The van der Waals surface area contributed by atoms with Crippen molar-refractivity contribution in [1.82, 2.24) is 14.8 Å². The molecule has 1 aliphatic heterocycles. The Labute approximate surface area is 176 Å². The average molecular weight is 429 g/mol. The number of methoxy groups -OCH3 is 1. The minimum Gasteiger partial charge on any atom is -0.469 e. The third-order valence-corrected chi connectivity index (χ3v) is 6.30. The number of carbonyl (C=O) groups excluding carboxylic acids is 2. The van der Waals surface area contributed by atoms with Gasteiger partial charge in [0.05, 0.1) is 24.1 Å². The highest BCUT2D eigenvalue weighted by Gasteiger charge is 2.33. The molecule has 0 saturated carbocycles. The molecule has 1 unspecified atom stereocenters. The number of hydrogen-bond acceptors (Lipinski definition) is 7. The molecule has 0 amide bonds. The summed E-state index contributed by atoms with van der Waals surface area (Å²) in [6.45, 7) is 3.73. The van der Waals surface area contributed by atoms with Crippen molar-refractivity contribution in [2.24, 2.45) is 4.99 Å². The number of carbonyl (C=O) groups is 2. The van der Waals surface area contributed by atoms with E-state index in [1.165, 1.54) is 18.4 Å². The molecule has 0 aliphatic carbocycles. The van der Waals surface area contributed by atoms with Crippen molar-refractivity contribution in [3.05, 3.63) is 62.5 Å². The second-order valence-electron chi connectivity index (χ2n) is 6.61. The minimum absolute atomic E-state index is 0.0280. The Morgan fingerprint density at radius 3 is 2.66 bits per heavy atom. The lowest BCUT2D eigenvalue weighted by Crippen LogP contribution is -2.12.